The maximum atomic E-state index is 12.8. The highest BCUT2D eigenvalue weighted by atomic mass is 16.6. The van der Waals surface area contributed by atoms with Crippen molar-refractivity contribution in [1.82, 2.24) is 0 Å². The molecule has 0 aliphatic heterocycles. The van der Waals surface area contributed by atoms with Gasteiger partial charge < -0.3 is 14.2 Å². The van der Waals surface area contributed by atoms with Gasteiger partial charge in [0.2, 0.25) is 0 Å². The van der Waals surface area contributed by atoms with Gasteiger partial charge in [0.25, 0.3) is 0 Å². The van der Waals surface area contributed by atoms with Crippen molar-refractivity contribution in [3.8, 4) is 0 Å². The first-order valence-electron chi connectivity index (χ1n) is 27.0. The molecule has 1 unspecified atom stereocenters. The molecule has 0 bridgehead atoms. The van der Waals surface area contributed by atoms with Gasteiger partial charge in [0.1, 0.15) is 13.2 Å². The molecule has 0 aromatic carbocycles. The molecule has 0 saturated heterocycles. The standard InChI is InChI=1S/C61H98O6/c1-4-7-10-13-15-17-19-21-23-25-27-29-30-32-33-35-37-39-41-43-45-48-51-54-60(63)66-57-58(56-65-59(62)53-50-47-12-9-6-3)67-61(64)55-52-49-46-44-42-40-38-36-34-31-28-26-24-22-20-18-16-14-11-8-5-2/h7,10,15,17,20-23,26-29,32-34,36-37,39,43,45,58H,4-6,8-9,11-14,16,18-19,24-25,30-31,35,38,40-42,44,46-57H2,1-3H3/b10-7-,17-15-,22-20-,23-21-,28-26-,29-27-,33-32-,36-34-,39-37-,45-43-. The molecule has 0 heterocycles. The molecule has 6 nitrogen and oxygen atoms in total. The first-order chi connectivity index (χ1) is 33.0. The molecule has 0 amide bonds. The van der Waals surface area contributed by atoms with Gasteiger partial charge in [-0.05, 0) is 109 Å². The van der Waals surface area contributed by atoms with Gasteiger partial charge in [0, 0.05) is 19.3 Å². The van der Waals surface area contributed by atoms with Crippen molar-refractivity contribution >= 4 is 17.9 Å². The van der Waals surface area contributed by atoms with Gasteiger partial charge in [-0.15, -0.1) is 0 Å². The maximum Gasteiger partial charge on any atom is 0.306 e. The van der Waals surface area contributed by atoms with Crippen molar-refractivity contribution < 1.29 is 28.6 Å². The van der Waals surface area contributed by atoms with Gasteiger partial charge in [-0.2, -0.15) is 0 Å². The lowest BCUT2D eigenvalue weighted by Crippen LogP contribution is -2.30. The van der Waals surface area contributed by atoms with Crippen LogP contribution in [-0.2, 0) is 28.6 Å². The molecule has 0 aliphatic carbocycles. The second-order valence-electron chi connectivity index (χ2n) is 17.4. The van der Waals surface area contributed by atoms with Gasteiger partial charge in [0.15, 0.2) is 6.10 Å². The summed E-state index contributed by atoms with van der Waals surface area (Å²) in [6.07, 6.45) is 75.1. The number of hydrogen-bond acceptors (Lipinski definition) is 6. The molecule has 0 spiro atoms. The minimum absolute atomic E-state index is 0.106. The molecule has 1 atom stereocenters. The molecule has 0 fully saturated rings. The van der Waals surface area contributed by atoms with Gasteiger partial charge in [0.05, 0.1) is 0 Å². The predicted octanol–water partition coefficient (Wildman–Crippen LogP) is 18.1. The van der Waals surface area contributed by atoms with Crippen LogP contribution in [0.25, 0.3) is 0 Å². The Balaban J connectivity index is 4.30. The topological polar surface area (TPSA) is 78.9 Å². The van der Waals surface area contributed by atoms with Crippen molar-refractivity contribution in [2.24, 2.45) is 0 Å². The quantitative estimate of drug-likeness (QED) is 0.0262. The van der Waals surface area contributed by atoms with E-state index >= 15 is 0 Å². The Hall–Kier alpha value is -4.19. The second-order valence-corrected chi connectivity index (χ2v) is 17.4. The predicted molar refractivity (Wildman–Crippen MR) is 288 cm³/mol. The van der Waals surface area contributed by atoms with Crippen LogP contribution in [0, 0.1) is 0 Å². The summed E-state index contributed by atoms with van der Waals surface area (Å²) >= 11 is 0. The molecular formula is C61H98O6. The Labute approximate surface area is 412 Å². The number of carbonyl (C=O) groups excluding carboxylic acids is 3. The molecule has 0 rings (SSSR count). The van der Waals surface area contributed by atoms with Crippen LogP contribution in [0.2, 0.25) is 0 Å². The molecule has 0 aromatic heterocycles. The zero-order valence-electron chi connectivity index (χ0n) is 43.1. The van der Waals surface area contributed by atoms with E-state index in [-0.39, 0.29) is 37.5 Å². The first-order valence-corrected chi connectivity index (χ1v) is 27.0. The summed E-state index contributed by atoms with van der Waals surface area (Å²) in [4.78, 5) is 37.7. The third-order valence-corrected chi connectivity index (χ3v) is 11.0. The van der Waals surface area contributed by atoms with E-state index in [4.69, 9.17) is 14.2 Å². The number of rotatable bonds is 47. The summed E-state index contributed by atoms with van der Waals surface area (Å²) in [6.45, 7) is 6.35. The van der Waals surface area contributed by atoms with E-state index in [1.54, 1.807) is 0 Å². The highest BCUT2D eigenvalue weighted by Gasteiger charge is 2.19. The lowest BCUT2D eigenvalue weighted by molar-refractivity contribution is -0.167. The number of unbranched alkanes of at least 4 members (excludes halogenated alkanes) is 16. The van der Waals surface area contributed by atoms with Crippen LogP contribution in [0.5, 0.6) is 0 Å². The Morgan fingerprint density at radius 3 is 0.970 bits per heavy atom. The Morgan fingerprint density at radius 1 is 0.313 bits per heavy atom. The average molecular weight is 927 g/mol. The Kier molecular flexibility index (Phi) is 51.0. The zero-order chi connectivity index (χ0) is 48.6. The second kappa shape index (κ2) is 54.4. The fraction of sp³-hybridized carbons (Fsp3) is 0.623. The van der Waals surface area contributed by atoms with Crippen molar-refractivity contribution in [2.75, 3.05) is 13.2 Å². The van der Waals surface area contributed by atoms with E-state index in [1.165, 1.54) is 51.4 Å². The van der Waals surface area contributed by atoms with E-state index in [9.17, 15) is 14.4 Å². The van der Waals surface area contributed by atoms with Crippen molar-refractivity contribution in [2.45, 2.75) is 232 Å². The third kappa shape index (κ3) is 52.6. The fourth-order valence-electron chi connectivity index (χ4n) is 6.91. The molecule has 0 N–H and O–H groups in total. The molecular weight excluding hydrogens is 829 g/mol. The van der Waals surface area contributed by atoms with Crippen LogP contribution in [-0.4, -0.2) is 37.2 Å². The van der Waals surface area contributed by atoms with Crippen molar-refractivity contribution in [3.05, 3.63) is 122 Å². The summed E-state index contributed by atoms with van der Waals surface area (Å²) in [5.41, 5.74) is 0. The number of hydrogen-bond donors (Lipinski definition) is 0. The lowest BCUT2D eigenvalue weighted by Gasteiger charge is -2.18. The number of allylic oxidation sites excluding steroid dienone is 20. The SMILES string of the molecule is CC/C=C\C/C=C\C/C=C\C/C=C\C/C=C\C/C=C\C/C=C\CCCC(=O)OCC(COC(=O)CCCCCCC)OC(=O)CCCCCCCC/C=C\C/C=C\C/C=C\CCCCCCC. The molecule has 0 saturated carbocycles. The van der Waals surface area contributed by atoms with Crippen molar-refractivity contribution in [1.29, 1.82) is 0 Å². The van der Waals surface area contributed by atoms with Gasteiger partial charge in [-0.3, -0.25) is 14.4 Å². The Morgan fingerprint density at radius 2 is 0.597 bits per heavy atom. The van der Waals surface area contributed by atoms with Crippen LogP contribution in [0.4, 0.5) is 0 Å². The molecule has 0 aliphatic rings. The molecule has 67 heavy (non-hydrogen) atoms. The van der Waals surface area contributed by atoms with E-state index in [2.05, 4.69) is 142 Å². The monoisotopic (exact) mass is 927 g/mol. The lowest BCUT2D eigenvalue weighted by atomic mass is 10.1. The van der Waals surface area contributed by atoms with Crippen LogP contribution >= 0.6 is 0 Å². The summed E-state index contributed by atoms with van der Waals surface area (Å²) in [6, 6.07) is 0. The van der Waals surface area contributed by atoms with Crippen LogP contribution in [0.3, 0.4) is 0 Å². The third-order valence-electron chi connectivity index (χ3n) is 11.0. The average Bonchev–Trinajstić information content (AvgIpc) is 3.33. The van der Waals surface area contributed by atoms with E-state index in [1.807, 2.05) is 0 Å². The largest absolute Gasteiger partial charge is 0.462 e. The van der Waals surface area contributed by atoms with Gasteiger partial charge in [-0.1, -0.05) is 219 Å². The van der Waals surface area contributed by atoms with E-state index in [0.717, 1.165) is 128 Å². The molecule has 0 aromatic rings. The Bertz CT molecular complexity index is 1440. The smallest absolute Gasteiger partial charge is 0.306 e. The highest BCUT2D eigenvalue weighted by molar-refractivity contribution is 5.71. The van der Waals surface area contributed by atoms with E-state index in [0.29, 0.717) is 19.3 Å². The summed E-state index contributed by atoms with van der Waals surface area (Å²) in [5, 5.41) is 0. The summed E-state index contributed by atoms with van der Waals surface area (Å²) in [7, 11) is 0. The number of carbonyl (C=O) groups is 3. The van der Waals surface area contributed by atoms with E-state index < -0.39 is 6.10 Å². The minimum Gasteiger partial charge on any atom is -0.462 e. The van der Waals surface area contributed by atoms with Crippen LogP contribution in [0.15, 0.2) is 122 Å². The highest BCUT2D eigenvalue weighted by Crippen LogP contribution is 2.12. The number of ether oxygens (including phenoxy) is 3. The van der Waals surface area contributed by atoms with Crippen LogP contribution < -0.4 is 0 Å². The van der Waals surface area contributed by atoms with Gasteiger partial charge >= 0.3 is 17.9 Å². The number of esters is 3. The molecule has 0 radical (unpaired) electrons. The zero-order valence-corrected chi connectivity index (χ0v) is 43.1. The minimum atomic E-state index is -0.808. The molecule has 6 heteroatoms. The summed E-state index contributed by atoms with van der Waals surface area (Å²) in [5.74, 6) is -1.00. The summed E-state index contributed by atoms with van der Waals surface area (Å²) < 4.78 is 16.6. The fourth-order valence-corrected chi connectivity index (χ4v) is 6.91. The maximum absolute atomic E-state index is 12.8. The van der Waals surface area contributed by atoms with Gasteiger partial charge in [-0.25, -0.2) is 0 Å². The first kappa shape index (κ1) is 62.8. The van der Waals surface area contributed by atoms with Crippen molar-refractivity contribution in [3.63, 3.8) is 0 Å². The normalized spacial score (nSPS) is 13.1. The molecule has 378 valence electrons. The van der Waals surface area contributed by atoms with Crippen LogP contribution in [0.1, 0.15) is 226 Å².